The zero-order chi connectivity index (χ0) is 11.9. The van der Waals surface area contributed by atoms with Gasteiger partial charge in [-0.25, -0.2) is 0 Å². The van der Waals surface area contributed by atoms with Crippen LogP contribution >= 0.6 is 0 Å². The summed E-state index contributed by atoms with van der Waals surface area (Å²) in [5.41, 5.74) is 2.25. The molecule has 0 amide bonds. The lowest BCUT2D eigenvalue weighted by Crippen LogP contribution is -2.15. The average Bonchev–Trinajstić information content (AvgIpc) is 2.17. The van der Waals surface area contributed by atoms with Crippen molar-refractivity contribution in [3.8, 4) is 0 Å². The second-order valence-electron chi connectivity index (χ2n) is 4.79. The molecule has 0 N–H and O–H groups in total. The monoisotopic (exact) mass is 212 g/mol. The number of ether oxygens (including phenoxy) is 1. The van der Waals surface area contributed by atoms with E-state index in [4.69, 9.17) is 0 Å². The van der Waals surface area contributed by atoms with E-state index in [0.29, 0.717) is 5.41 Å². The van der Waals surface area contributed by atoms with E-state index >= 15 is 0 Å². The van der Waals surface area contributed by atoms with E-state index in [1.165, 1.54) is 39.7 Å². The molecule has 0 aliphatic heterocycles. The van der Waals surface area contributed by atoms with Crippen LogP contribution in [0.3, 0.4) is 0 Å². The molecule has 0 saturated heterocycles. The Kier molecular flexibility index (Phi) is 6.30. The largest absolute Gasteiger partial charge is 0.469 e. The SMILES string of the molecule is CCC1=CCCC(C)(C)C1.COC(C)=O. The van der Waals surface area contributed by atoms with Gasteiger partial charge in [0.15, 0.2) is 0 Å². The zero-order valence-corrected chi connectivity index (χ0v) is 10.7. The third kappa shape index (κ3) is 7.18. The number of allylic oxidation sites excluding steroid dienone is 2. The molecule has 15 heavy (non-hydrogen) atoms. The molecule has 0 radical (unpaired) electrons. The Morgan fingerprint density at radius 3 is 2.33 bits per heavy atom. The van der Waals surface area contributed by atoms with Crippen LogP contribution in [0.25, 0.3) is 0 Å². The van der Waals surface area contributed by atoms with Gasteiger partial charge < -0.3 is 4.74 Å². The fraction of sp³-hybridized carbons (Fsp3) is 0.769. The van der Waals surface area contributed by atoms with E-state index in [9.17, 15) is 4.79 Å². The van der Waals surface area contributed by atoms with Crippen molar-refractivity contribution in [3.63, 3.8) is 0 Å². The molecule has 0 bridgehead atoms. The lowest BCUT2D eigenvalue weighted by atomic mass is 9.77. The third-order valence-electron chi connectivity index (χ3n) is 2.70. The van der Waals surface area contributed by atoms with E-state index in [2.05, 4.69) is 31.6 Å². The van der Waals surface area contributed by atoms with Gasteiger partial charge in [0.2, 0.25) is 0 Å². The lowest BCUT2D eigenvalue weighted by molar-refractivity contribution is -0.137. The van der Waals surface area contributed by atoms with Gasteiger partial charge in [-0.1, -0.05) is 32.4 Å². The first-order valence-corrected chi connectivity index (χ1v) is 5.63. The fourth-order valence-electron chi connectivity index (χ4n) is 1.71. The molecule has 0 fully saturated rings. The Hall–Kier alpha value is -0.790. The number of carbonyl (C=O) groups is 1. The van der Waals surface area contributed by atoms with Gasteiger partial charge >= 0.3 is 5.97 Å². The molecule has 1 aliphatic carbocycles. The highest BCUT2D eigenvalue weighted by molar-refractivity contribution is 5.65. The van der Waals surface area contributed by atoms with Gasteiger partial charge in [-0.2, -0.15) is 0 Å². The number of esters is 1. The van der Waals surface area contributed by atoms with Crippen LogP contribution in [0.5, 0.6) is 0 Å². The predicted octanol–water partition coefficient (Wildman–Crippen LogP) is 3.71. The number of hydrogen-bond acceptors (Lipinski definition) is 2. The van der Waals surface area contributed by atoms with Crippen LogP contribution in [0.15, 0.2) is 11.6 Å². The van der Waals surface area contributed by atoms with Gasteiger partial charge in [0.1, 0.15) is 0 Å². The average molecular weight is 212 g/mol. The quantitative estimate of drug-likeness (QED) is 0.489. The van der Waals surface area contributed by atoms with Crippen molar-refractivity contribution in [2.45, 2.75) is 53.4 Å². The summed E-state index contributed by atoms with van der Waals surface area (Å²) in [6.45, 7) is 8.36. The van der Waals surface area contributed by atoms with Crippen molar-refractivity contribution >= 4 is 5.97 Å². The van der Waals surface area contributed by atoms with Crippen LogP contribution in [0, 0.1) is 5.41 Å². The normalized spacial score (nSPS) is 18.3. The van der Waals surface area contributed by atoms with Crippen molar-refractivity contribution in [3.05, 3.63) is 11.6 Å². The van der Waals surface area contributed by atoms with E-state index in [1.807, 2.05) is 0 Å². The van der Waals surface area contributed by atoms with Crippen molar-refractivity contribution in [2.24, 2.45) is 5.41 Å². The van der Waals surface area contributed by atoms with Crippen molar-refractivity contribution < 1.29 is 9.53 Å². The molecule has 1 aliphatic rings. The molecule has 0 saturated carbocycles. The maximum Gasteiger partial charge on any atom is 0.302 e. The zero-order valence-electron chi connectivity index (χ0n) is 10.7. The molecule has 1 rings (SSSR count). The number of methoxy groups -OCH3 is 1. The molecular weight excluding hydrogens is 188 g/mol. The lowest BCUT2D eigenvalue weighted by Gasteiger charge is -2.29. The highest BCUT2D eigenvalue weighted by atomic mass is 16.5. The fourth-order valence-corrected chi connectivity index (χ4v) is 1.71. The van der Waals surface area contributed by atoms with Crippen molar-refractivity contribution in [1.29, 1.82) is 0 Å². The van der Waals surface area contributed by atoms with Gasteiger partial charge in [-0.05, 0) is 31.1 Å². The minimum atomic E-state index is -0.245. The van der Waals surface area contributed by atoms with Crippen LogP contribution in [0.2, 0.25) is 0 Å². The molecule has 0 aromatic rings. The topological polar surface area (TPSA) is 26.3 Å². The smallest absolute Gasteiger partial charge is 0.302 e. The maximum absolute atomic E-state index is 9.59. The van der Waals surface area contributed by atoms with Crippen LogP contribution < -0.4 is 0 Å². The third-order valence-corrected chi connectivity index (χ3v) is 2.70. The summed E-state index contributed by atoms with van der Waals surface area (Å²) in [4.78, 5) is 9.59. The summed E-state index contributed by atoms with van der Waals surface area (Å²) in [6, 6.07) is 0. The minimum Gasteiger partial charge on any atom is -0.469 e. The van der Waals surface area contributed by atoms with Crippen LogP contribution in [0.4, 0.5) is 0 Å². The Balaban J connectivity index is 0.000000336. The Morgan fingerprint density at radius 2 is 2.07 bits per heavy atom. The van der Waals surface area contributed by atoms with Gasteiger partial charge in [0.05, 0.1) is 7.11 Å². The highest BCUT2D eigenvalue weighted by Gasteiger charge is 2.21. The van der Waals surface area contributed by atoms with Crippen LogP contribution in [-0.4, -0.2) is 13.1 Å². The molecule has 0 aromatic heterocycles. The second kappa shape index (κ2) is 6.65. The van der Waals surface area contributed by atoms with E-state index < -0.39 is 0 Å². The van der Waals surface area contributed by atoms with Crippen LogP contribution in [-0.2, 0) is 9.53 Å². The molecular formula is C13H24O2. The summed E-state index contributed by atoms with van der Waals surface area (Å²) < 4.78 is 4.11. The number of rotatable bonds is 1. The molecule has 0 heterocycles. The molecule has 0 aromatic carbocycles. The van der Waals surface area contributed by atoms with Gasteiger partial charge in [0.25, 0.3) is 0 Å². The number of hydrogen-bond donors (Lipinski definition) is 0. The standard InChI is InChI=1S/C10H18.C3H6O2/c1-4-9-6-5-7-10(2,3)8-9;1-3(4)5-2/h6H,4-5,7-8H2,1-3H3;1-2H3. The maximum atomic E-state index is 9.59. The summed E-state index contributed by atoms with van der Waals surface area (Å²) in [5, 5.41) is 0. The number of carbonyl (C=O) groups excluding carboxylic acids is 1. The Bertz CT molecular complexity index is 227. The summed E-state index contributed by atoms with van der Waals surface area (Å²) in [5.74, 6) is -0.245. The predicted molar refractivity (Wildman–Crippen MR) is 63.7 cm³/mol. The van der Waals surface area contributed by atoms with E-state index in [1.54, 1.807) is 5.57 Å². The van der Waals surface area contributed by atoms with E-state index in [-0.39, 0.29) is 5.97 Å². The Morgan fingerprint density at radius 1 is 1.53 bits per heavy atom. The highest BCUT2D eigenvalue weighted by Crippen LogP contribution is 2.35. The Labute approximate surface area is 93.7 Å². The molecule has 0 spiro atoms. The molecule has 0 unspecified atom stereocenters. The second-order valence-corrected chi connectivity index (χ2v) is 4.79. The molecule has 0 atom stereocenters. The molecule has 88 valence electrons. The molecule has 2 nitrogen and oxygen atoms in total. The first-order chi connectivity index (χ1) is 6.91. The summed E-state index contributed by atoms with van der Waals surface area (Å²) in [6.07, 6.45) is 7.67. The van der Waals surface area contributed by atoms with Crippen molar-refractivity contribution in [1.82, 2.24) is 0 Å². The van der Waals surface area contributed by atoms with Gasteiger partial charge in [-0.15, -0.1) is 0 Å². The summed E-state index contributed by atoms with van der Waals surface area (Å²) in [7, 11) is 1.35. The minimum absolute atomic E-state index is 0.245. The van der Waals surface area contributed by atoms with Gasteiger partial charge in [0, 0.05) is 6.92 Å². The summed E-state index contributed by atoms with van der Waals surface area (Å²) >= 11 is 0. The van der Waals surface area contributed by atoms with Crippen molar-refractivity contribution in [2.75, 3.05) is 7.11 Å². The first kappa shape index (κ1) is 14.2. The molecule has 2 heteroatoms. The van der Waals surface area contributed by atoms with Gasteiger partial charge in [-0.3, -0.25) is 4.79 Å². The van der Waals surface area contributed by atoms with Crippen LogP contribution in [0.1, 0.15) is 53.4 Å². The first-order valence-electron chi connectivity index (χ1n) is 5.63. The van der Waals surface area contributed by atoms with E-state index in [0.717, 1.165) is 0 Å².